The second-order valence-electron chi connectivity index (χ2n) is 7.48. The Balaban J connectivity index is 0.00000150. The van der Waals surface area contributed by atoms with Crippen LogP contribution in [0.5, 0.6) is 0 Å². The van der Waals surface area contributed by atoms with Crippen molar-refractivity contribution < 1.29 is 0 Å². The normalized spacial score (nSPS) is 14.8. The molecule has 2 aromatic heterocycles. The van der Waals surface area contributed by atoms with Crippen molar-refractivity contribution in [2.45, 2.75) is 26.9 Å². The fourth-order valence-electron chi connectivity index (χ4n) is 4.06. The van der Waals surface area contributed by atoms with Crippen LogP contribution in [0.3, 0.4) is 0 Å². The second-order valence-corrected chi connectivity index (χ2v) is 7.48. The summed E-state index contributed by atoms with van der Waals surface area (Å²) < 4.78 is 2.37. The highest BCUT2D eigenvalue weighted by Gasteiger charge is 2.19. The molecule has 6 heteroatoms. The number of hydrogen-bond acceptors (Lipinski definition) is 3. The van der Waals surface area contributed by atoms with Gasteiger partial charge in [-0.25, -0.2) is 0 Å². The molecular weight excluding hydrogens is 403 g/mol. The first-order chi connectivity index (χ1) is 13.2. The fraction of sp³-hybridized carbons (Fsp3) is 0.348. The van der Waals surface area contributed by atoms with Crippen LogP contribution in [0.4, 0.5) is 0 Å². The zero-order chi connectivity index (χ0) is 18.6. The lowest BCUT2D eigenvalue weighted by molar-refractivity contribution is 0.122. The van der Waals surface area contributed by atoms with E-state index in [2.05, 4.69) is 81.7 Å². The van der Waals surface area contributed by atoms with Crippen LogP contribution in [0.1, 0.15) is 22.5 Å². The van der Waals surface area contributed by atoms with Gasteiger partial charge in [0.2, 0.25) is 0 Å². The summed E-state index contributed by atoms with van der Waals surface area (Å²) in [5.41, 5.74) is 6.72. The summed E-state index contributed by atoms with van der Waals surface area (Å²) in [6.07, 6.45) is 3.77. The molecule has 0 unspecified atom stereocenters. The highest BCUT2D eigenvalue weighted by Crippen LogP contribution is 2.22. The molecule has 0 aliphatic carbocycles. The lowest BCUT2D eigenvalue weighted by atomic mass is 10.2. The topological polar surface area (TPSA) is 24.3 Å². The average Bonchev–Trinajstić information content (AvgIpc) is 2.98. The first kappa shape index (κ1) is 23.4. The Morgan fingerprint density at radius 1 is 0.793 bits per heavy atom. The number of benzene rings is 1. The number of aromatic nitrogens is 2. The van der Waals surface area contributed by atoms with Gasteiger partial charge >= 0.3 is 0 Å². The van der Waals surface area contributed by atoms with Gasteiger partial charge in [-0.15, -0.1) is 24.8 Å². The number of piperazine rings is 1. The number of aryl methyl sites for hydroxylation is 1. The van der Waals surface area contributed by atoms with E-state index >= 15 is 0 Å². The standard InChI is InChI=1S/C23H28N4.2ClH/c1-19-16-22(20(2)27(19)23-6-4-3-5-7-23)18-26-14-12-25(13-15-26)17-21-8-10-24-11-9-21;;/h3-11,16H,12-15,17-18H2,1-2H3;2*1H. The lowest BCUT2D eigenvalue weighted by Gasteiger charge is -2.34. The number of rotatable bonds is 5. The zero-order valence-electron chi connectivity index (χ0n) is 17.1. The molecule has 1 saturated heterocycles. The molecule has 0 amide bonds. The van der Waals surface area contributed by atoms with Crippen LogP contribution in [-0.2, 0) is 13.1 Å². The van der Waals surface area contributed by atoms with E-state index in [1.165, 1.54) is 28.2 Å². The Labute approximate surface area is 186 Å². The molecule has 4 rings (SSSR count). The molecule has 3 aromatic rings. The Hall–Kier alpha value is -1.85. The molecule has 4 nitrogen and oxygen atoms in total. The van der Waals surface area contributed by atoms with Crippen molar-refractivity contribution >= 4 is 24.8 Å². The molecule has 0 spiro atoms. The van der Waals surface area contributed by atoms with Crippen molar-refractivity contribution in [3.63, 3.8) is 0 Å². The van der Waals surface area contributed by atoms with Crippen LogP contribution in [0.25, 0.3) is 5.69 Å². The molecule has 1 fully saturated rings. The number of halogens is 2. The molecule has 1 aliphatic heterocycles. The third kappa shape index (κ3) is 5.61. The Morgan fingerprint density at radius 2 is 1.38 bits per heavy atom. The predicted molar refractivity (Wildman–Crippen MR) is 125 cm³/mol. The third-order valence-corrected chi connectivity index (χ3v) is 5.56. The van der Waals surface area contributed by atoms with Gasteiger partial charge in [0.1, 0.15) is 0 Å². The number of pyridine rings is 1. The second kappa shape index (κ2) is 10.8. The minimum absolute atomic E-state index is 0. The summed E-state index contributed by atoms with van der Waals surface area (Å²) in [6.45, 7) is 11.0. The van der Waals surface area contributed by atoms with E-state index in [0.717, 1.165) is 39.3 Å². The molecule has 29 heavy (non-hydrogen) atoms. The number of para-hydroxylation sites is 1. The summed E-state index contributed by atoms with van der Waals surface area (Å²) in [5, 5.41) is 0. The highest BCUT2D eigenvalue weighted by molar-refractivity contribution is 5.85. The van der Waals surface area contributed by atoms with Gasteiger partial charge in [0.05, 0.1) is 0 Å². The van der Waals surface area contributed by atoms with Crippen molar-refractivity contribution in [2.24, 2.45) is 0 Å². The molecule has 0 atom stereocenters. The summed E-state index contributed by atoms with van der Waals surface area (Å²) in [5.74, 6) is 0. The molecule has 0 bridgehead atoms. The third-order valence-electron chi connectivity index (χ3n) is 5.56. The van der Waals surface area contributed by atoms with Gasteiger partial charge in [-0.2, -0.15) is 0 Å². The van der Waals surface area contributed by atoms with Crippen LogP contribution < -0.4 is 0 Å². The van der Waals surface area contributed by atoms with Gasteiger partial charge in [-0.1, -0.05) is 18.2 Å². The highest BCUT2D eigenvalue weighted by atomic mass is 35.5. The average molecular weight is 433 g/mol. The predicted octanol–water partition coefficient (Wildman–Crippen LogP) is 4.65. The molecule has 1 aromatic carbocycles. The SMILES string of the molecule is Cc1cc(CN2CCN(Cc3ccncc3)CC2)c(C)n1-c1ccccc1.Cl.Cl. The monoisotopic (exact) mass is 432 g/mol. The maximum atomic E-state index is 4.11. The van der Waals surface area contributed by atoms with Crippen LogP contribution in [-0.4, -0.2) is 45.5 Å². The number of hydrogen-bond donors (Lipinski definition) is 0. The van der Waals surface area contributed by atoms with E-state index in [1.54, 1.807) is 0 Å². The van der Waals surface area contributed by atoms with Gasteiger partial charge in [-0.05, 0) is 55.3 Å². The fourth-order valence-corrected chi connectivity index (χ4v) is 4.06. The van der Waals surface area contributed by atoms with E-state index < -0.39 is 0 Å². The Bertz CT molecular complexity index is 873. The first-order valence-corrected chi connectivity index (χ1v) is 9.77. The van der Waals surface area contributed by atoms with Crippen LogP contribution in [0, 0.1) is 13.8 Å². The van der Waals surface area contributed by atoms with E-state index in [9.17, 15) is 0 Å². The minimum Gasteiger partial charge on any atom is -0.318 e. The van der Waals surface area contributed by atoms with Crippen molar-refractivity contribution in [3.05, 3.63) is 83.4 Å². The number of nitrogens with zero attached hydrogens (tertiary/aromatic N) is 4. The largest absolute Gasteiger partial charge is 0.318 e. The Kier molecular flexibility index (Phi) is 8.72. The van der Waals surface area contributed by atoms with Crippen LogP contribution in [0.2, 0.25) is 0 Å². The Morgan fingerprint density at radius 3 is 2.00 bits per heavy atom. The van der Waals surface area contributed by atoms with E-state index in [0.29, 0.717) is 0 Å². The van der Waals surface area contributed by atoms with Crippen LogP contribution >= 0.6 is 24.8 Å². The van der Waals surface area contributed by atoms with Gasteiger partial charge in [0.15, 0.2) is 0 Å². The first-order valence-electron chi connectivity index (χ1n) is 9.77. The molecule has 0 radical (unpaired) electrons. The van der Waals surface area contributed by atoms with E-state index in [4.69, 9.17) is 0 Å². The molecular formula is C23H30Cl2N4. The quantitative estimate of drug-likeness (QED) is 0.586. The molecule has 1 aliphatic rings. The van der Waals surface area contributed by atoms with Gasteiger partial charge in [0, 0.05) is 68.7 Å². The molecule has 156 valence electrons. The van der Waals surface area contributed by atoms with Crippen molar-refractivity contribution in [1.82, 2.24) is 19.4 Å². The summed E-state index contributed by atoms with van der Waals surface area (Å²) in [7, 11) is 0. The van der Waals surface area contributed by atoms with Crippen LogP contribution in [0.15, 0.2) is 60.9 Å². The lowest BCUT2D eigenvalue weighted by Crippen LogP contribution is -2.45. The minimum atomic E-state index is 0. The van der Waals surface area contributed by atoms with Crippen molar-refractivity contribution in [1.29, 1.82) is 0 Å². The molecule has 0 saturated carbocycles. The maximum Gasteiger partial charge on any atom is 0.0455 e. The molecule has 3 heterocycles. The van der Waals surface area contributed by atoms with Crippen molar-refractivity contribution in [2.75, 3.05) is 26.2 Å². The van der Waals surface area contributed by atoms with E-state index in [-0.39, 0.29) is 24.8 Å². The summed E-state index contributed by atoms with van der Waals surface area (Å²) >= 11 is 0. The van der Waals surface area contributed by atoms with Gasteiger partial charge < -0.3 is 4.57 Å². The summed E-state index contributed by atoms with van der Waals surface area (Å²) in [6, 6.07) is 17.2. The van der Waals surface area contributed by atoms with Gasteiger partial charge in [-0.3, -0.25) is 14.8 Å². The van der Waals surface area contributed by atoms with Gasteiger partial charge in [0.25, 0.3) is 0 Å². The van der Waals surface area contributed by atoms with E-state index in [1.807, 2.05) is 12.4 Å². The molecule has 0 N–H and O–H groups in total. The van der Waals surface area contributed by atoms with Crippen molar-refractivity contribution in [3.8, 4) is 5.69 Å². The maximum absolute atomic E-state index is 4.11. The summed E-state index contributed by atoms with van der Waals surface area (Å²) in [4.78, 5) is 9.23. The smallest absolute Gasteiger partial charge is 0.0455 e. The zero-order valence-corrected chi connectivity index (χ0v) is 18.8.